The highest BCUT2D eigenvalue weighted by atomic mass is 19.1. The van der Waals surface area contributed by atoms with Crippen LogP contribution >= 0.6 is 0 Å². The number of carbonyl (C=O) groups excluding carboxylic acids is 1. The average Bonchev–Trinajstić information content (AvgIpc) is 2.89. The number of carbonyl (C=O) groups is 1. The molecule has 1 saturated heterocycles. The Bertz CT molecular complexity index is 1050. The van der Waals surface area contributed by atoms with Crippen molar-refractivity contribution in [2.75, 3.05) is 37.6 Å². The van der Waals surface area contributed by atoms with Crippen molar-refractivity contribution in [1.82, 2.24) is 20.4 Å². The van der Waals surface area contributed by atoms with Crippen molar-refractivity contribution in [3.63, 3.8) is 0 Å². The third kappa shape index (κ3) is 6.38. The Morgan fingerprint density at radius 1 is 1.06 bits per heavy atom. The molecule has 7 heteroatoms. The molecular formula is C27H32FN5O. The first-order chi connectivity index (χ1) is 16.6. The van der Waals surface area contributed by atoms with Gasteiger partial charge in [0, 0.05) is 44.2 Å². The third-order valence-electron chi connectivity index (χ3n) is 6.38. The van der Waals surface area contributed by atoms with Gasteiger partial charge in [0.2, 0.25) is 5.91 Å². The van der Waals surface area contributed by atoms with Crippen molar-refractivity contribution in [3.8, 4) is 11.3 Å². The van der Waals surface area contributed by atoms with Crippen LogP contribution in [0.15, 0.2) is 66.7 Å². The smallest absolute Gasteiger partial charge is 0.223 e. The van der Waals surface area contributed by atoms with Crippen molar-refractivity contribution < 1.29 is 9.18 Å². The Balaban J connectivity index is 1.21. The molecule has 0 spiro atoms. The normalized spacial score (nSPS) is 14.4. The van der Waals surface area contributed by atoms with Crippen LogP contribution < -0.4 is 10.2 Å². The van der Waals surface area contributed by atoms with Crippen LogP contribution in [0.2, 0.25) is 0 Å². The van der Waals surface area contributed by atoms with Crippen molar-refractivity contribution in [3.05, 3.63) is 78.1 Å². The SMILES string of the molecule is CCN(CCNC(=O)C1CCN(c2ccc(-c3cccc(F)c3)nn2)CC1)Cc1ccccc1. The molecule has 0 bridgehead atoms. The van der Waals surface area contributed by atoms with Gasteiger partial charge in [0.05, 0.1) is 5.69 Å². The summed E-state index contributed by atoms with van der Waals surface area (Å²) in [5.74, 6) is 0.670. The number of hydrogen-bond donors (Lipinski definition) is 1. The molecule has 6 nitrogen and oxygen atoms in total. The molecule has 0 aliphatic carbocycles. The molecule has 1 amide bonds. The van der Waals surface area contributed by atoms with Crippen molar-refractivity contribution in [2.45, 2.75) is 26.3 Å². The van der Waals surface area contributed by atoms with E-state index in [2.05, 4.69) is 56.5 Å². The number of piperidine rings is 1. The predicted octanol–water partition coefficient (Wildman–Crippen LogP) is 4.14. The topological polar surface area (TPSA) is 61.4 Å². The van der Waals surface area contributed by atoms with Gasteiger partial charge in [-0.2, -0.15) is 0 Å². The minimum atomic E-state index is -0.290. The van der Waals surface area contributed by atoms with Crippen LogP contribution in [-0.4, -0.2) is 53.7 Å². The van der Waals surface area contributed by atoms with Gasteiger partial charge in [0.15, 0.2) is 5.82 Å². The lowest BCUT2D eigenvalue weighted by Crippen LogP contribution is -2.42. The van der Waals surface area contributed by atoms with Crippen LogP contribution in [0.1, 0.15) is 25.3 Å². The van der Waals surface area contributed by atoms with E-state index in [1.54, 1.807) is 6.07 Å². The lowest BCUT2D eigenvalue weighted by Gasteiger charge is -2.32. The summed E-state index contributed by atoms with van der Waals surface area (Å²) in [6, 6.07) is 20.5. The average molecular weight is 462 g/mol. The summed E-state index contributed by atoms with van der Waals surface area (Å²) in [4.78, 5) is 17.2. The summed E-state index contributed by atoms with van der Waals surface area (Å²) in [5, 5.41) is 11.7. The Morgan fingerprint density at radius 2 is 1.85 bits per heavy atom. The number of benzene rings is 2. The van der Waals surface area contributed by atoms with Gasteiger partial charge in [-0.1, -0.05) is 49.4 Å². The lowest BCUT2D eigenvalue weighted by atomic mass is 9.96. The van der Waals surface area contributed by atoms with E-state index in [0.717, 1.165) is 51.4 Å². The Kier molecular flexibility index (Phi) is 8.20. The fourth-order valence-electron chi connectivity index (χ4n) is 4.34. The highest BCUT2D eigenvalue weighted by Crippen LogP contribution is 2.24. The van der Waals surface area contributed by atoms with Gasteiger partial charge in [0.1, 0.15) is 5.82 Å². The Morgan fingerprint density at radius 3 is 2.53 bits per heavy atom. The number of anilines is 1. The number of aromatic nitrogens is 2. The molecule has 2 heterocycles. The molecule has 1 aromatic heterocycles. The van der Waals surface area contributed by atoms with E-state index < -0.39 is 0 Å². The molecule has 3 aromatic rings. The highest BCUT2D eigenvalue weighted by molar-refractivity contribution is 5.79. The van der Waals surface area contributed by atoms with Gasteiger partial charge >= 0.3 is 0 Å². The van der Waals surface area contributed by atoms with Gasteiger partial charge in [-0.05, 0) is 49.2 Å². The van der Waals surface area contributed by atoms with Crippen molar-refractivity contribution in [2.24, 2.45) is 5.92 Å². The molecule has 1 aliphatic heterocycles. The first-order valence-electron chi connectivity index (χ1n) is 12.0. The number of nitrogens with one attached hydrogen (secondary N) is 1. The van der Waals surface area contributed by atoms with Crippen LogP contribution in [0.5, 0.6) is 0 Å². The first-order valence-corrected chi connectivity index (χ1v) is 12.0. The molecule has 0 saturated carbocycles. The van der Waals surface area contributed by atoms with Crippen molar-refractivity contribution in [1.29, 1.82) is 0 Å². The summed E-state index contributed by atoms with van der Waals surface area (Å²) in [5.41, 5.74) is 2.64. The van der Waals surface area contributed by atoms with E-state index in [0.29, 0.717) is 17.8 Å². The number of halogens is 1. The zero-order valence-corrected chi connectivity index (χ0v) is 19.7. The Labute approximate surface area is 200 Å². The summed E-state index contributed by atoms with van der Waals surface area (Å²) in [6.07, 6.45) is 1.58. The van der Waals surface area contributed by atoms with Gasteiger partial charge in [-0.25, -0.2) is 4.39 Å². The second kappa shape index (κ2) is 11.7. The van der Waals surface area contributed by atoms with Crippen molar-refractivity contribution >= 4 is 11.7 Å². The lowest BCUT2D eigenvalue weighted by molar-refractivity contribution is -0.125. The number of amides is 1. The quantitative estimate of drug-likeness (QED) is 0.519. The second-order valence-corrected chi connectivity index (χ2v) is 8.69. The van der Waals surface area contributed by atoms with E-state index >= 15 is 0 Å². The second-order valence-electron chi connectivity index (χ2n) is 8.69. The molecule has 4 rings (SSSR count). The highest BCUT2D eigenvalue weighted by Gasteiger charge is 2.25. The monoisotopic (exact) mass is 461 g/mol. The zero-order chi connectivity index (χ0) is 23.8. The van der Waals surface area contributed by atoms with E-state index in [1.807, 2.05) is 24.3 Å². The van der Waals surface area contributed by atoms with E-state index in [4.69, 9.17) is 0 Å². The van der Waals surface area contributed by atoms with E-state index in [9.17, 15) is 9.18 Å². The molecule has 0 unspecified atom stereocenters. The summed E-state index contributed by atoms with van der Waals surface area (Å²) in [7, 11) is 0. The molecule has 1 fully saturated rings. The number of rotatable bonds is 9. The summed E-state index contributed by atoms with van der Waals surface area (Å²) < 4.78 is 13.5. The van der Waals surface area contributed by atoms with Crippen LogP contribution in [-0.2, 0) is 11.3 Å². The Hall–Kier alpha value is -3.32. The fraction of sp³-hybridized carbons (Fsp3) is 0.370. The third-order valence-corrected chi connectivity index (χ3v) is 6.38. The van der Waals surface area contributed by atoms with Gasteiger partial charge in [-0.3, -0.25) is 9.69 Å². The summed E-state index contributed by atoms with van der Waals surface area (Å²) >= 11 is 0. The maximum atomic E-state index is 13.5. The van der Waals surface area contributed by atoms with E-state index in [1.165, 1.54) is 17.7 Å². The summed E-state index contributed by atoms with van der Waals surface area (Å²) in [6.45, 7) is 7.01. The van der Waals surface area contributed by atoms with Crippen LogP contribution in [0, 0.1) is 11.7 Å². The largest absolute Gasteiger partial charge is 0.355 e. The number of likely N-dealkylation sites (N-methyl/N-ethyl adjacent to an activating group) is 1. The molecule has 178 valence electrons. The van der Waals surface area contributed by atoms with Gasteiger partial charge in [0.25, 0.3) is 0 Å². The van der Waals surface area contributed by atoms with E-state index in [-0.39, 0.29) is 17.6 Å². The minimum absolute atomic E-state index is 0.0278. The molecular weight excluding hydrogens is 429 g/mol. The van der Waals surface area contributed by atoms with Crippen LogP contribution in [0.3, 0.4) is 0 Å². The number of hydrogen-bond acceptors (Lipinski definition) is 5. The number of nitrogens with zero attached hydrogens (tertiary/aromatic N) is 4. The van der Waals surface area contributed by atoms with Crippen LogP contribution in [0.4, 0.5) is 10.2 Å². The molecule has 2 aromatic carbocycles. The molecule has 34 heavy (non-hydrogen) atoms. The minimum Gasteiger partial charge on any atom is -0.355 e. The fourth-order valence-corrected chi connectivity index (χ4v) is 4.34. The zero-order valence-electron chi connectivity index (χ0n) is 19.7. The van der Waals surface area contributed by atoms with Gasteiger partial charge in [-0.15, -0.1) is 10.2 Å². The molecule has 0 radical (unpaired) electrons. The predicted molar refractivity (Wildman–Crippen MR) is 133 cm³/mol. The maximum Gasteiger partial charge on any atom is 0.223 e. The standard InChI is InChI=1S/C27H32FN5O/c1-2-32(20-21-7-4-3-5-8-21)18-15-29-27(34)22-13-16-33(17-14-22)26-12-11-25(30-31-26)23-9-6-10-24(28)19-23/h3-12,19,22H,2,13-18,20H2,1H3,(H,29,34). The maximum absolute atomic E-state index is 13.5. The molecule has 1 aliphatic rings. The van der Waals surface area contributed by atoms with Crippen LogP contribution in [0.25, 0.3) is 11.3 Å². The molecule has 1 N–H and O–H groups in total. The molecule has 0 atom stereocenters. The van der Waals surface area contributed by atoms with Gasteiger partial charge < -0.3 is 10.2 Å². The first kappa shape index (κ1) is 23.8.